The van der Waals surface area contributed by atoms with Crippen LogP contribution in [0.5, 0.6) is 0 Å². The van der Waals surface area contributed by atoms with Crippen LogP contribution in [0.3, 0.4) is 0 Å². The van der Waals surface area contributed by atoms with E-state index in [2.05, 4.69) is 15.3 Å². The second-order valence-corrected chi connectivity index (χ2v) is 4.22. The van der Waals surface area contributed by atoms with Gasteiger partial charge in [0, 0.05) is 5.92 Å². The summed E-state index contributed by atoms with van der Waals surface area (Å²) < 4.78 is 0. The van der Waals surface area contributed by atoms with E-state index in [9.17, 15) is 14.4 Å². The highest BCUT2D eigenvalue weighted by atomic mass is 16.2. The predicted molar refractivity (Wildman–Crippen MR) is 65.2 cm³/mol. The Morgan fingerprint density at radius 2 is 2.06 bits per heavy atom. The number of hydrogen-bond acceptors (Lipinski definition) is 4. The maximum atomic E-state index is 11.8. The number of aromatic nitrogens is 2. The lowest BCUT2D eigenvalue weighted by Crippen LogP contribution is -2.37. The third-order valence-corrected chi connectivity index (χ3v) is 2.32. The number of primary amides is 1. The minimum absolute atomic E-state index is 0.0548. The number of aromatic amines is 1. The summed E-state index contributed by atoms with van der Waals surface area (Å²) in [6.07, 6.45) is 0. The maximum Gasteiger partial charge on any atom is 0.264 e. The molecule has 2 amide bonds. The number of H-pyrrole nitrogens is 1. The van der Waals surface area contributed by atoms with Gasteiger partial charge >= 0.3 is 0 Å². The van der Waals surface area contributed by atoms with Crippen molar-refractivity contribution in [2.24, 2.45) is 5.73 Å². The van der Waals surface area contributed by atoms with Gasteiger partial charge in [-0.2, -0.15) is 0 Å². The summed E-state index contributed by atoms with van der Waals surface area (Å²) in [6.45, 7) is 5.01. The molecule has 7 heteroatoms. The molecule has 0 saturated carbocycles. The van der Waals surface area contributed by atoms with Gasteiger partial charge < -0.3 is 16.0 Å². The van der Waals surface area contributed by atoms with Gasteiger partial charge in [-0.1, -0.05) is 13.8 Å². The van der Waals surface area contributed by atoms with Crippen LogP contribution in [0, 0.1) is 6.92 Å². The summed E-state index contributed by atoms with van der Waals surface area (Å²) in [5, 5.41) is 2.26. The van der Waals surface area contributed by atoms with Crippen LogP contribution < -0.4 is 16.6 Å². The van der Waals surface area contributed by atoms with Crippen LogP contribution in [-0.4, -0.2) is 28.3 Å². The van der Waals surface area contributed by atoms with Crippen molar-refractivity contribution in [2.75, 3.05) is 6.54 Å². The number of amides is 2. The minimum atomic E-state index is -0.677. The molecular weight excluding hydrogens is 236 g/mol. The van der Waals surface area contributed by atoms with Gasteiger partial charge in [-0.05, 0) is 6.92 Å². The summed E-state index contributed by atoms with van der Waals surface area (Å²) in [5.41, 5.74) is 4.61. The van der Waals surface area contributed by atoms with E-state index in [1.807, 2.05) is 13.8 Å². The fraction of sp³-hybridized carbons (Fsp3) is 0.455. The van der Waals surface area contributed by atoms with Crippen molar-refractivity contribution in [1.82, 2.24) is 15.3 Å². The highest BCUT2D eigenvalue weighted by molar-refractivity contribution is 5.96. The quantitative estimate of drug-likeness (QED) is 0.664. The van der Waals surface area contributed by atoms with E-state index >= 15 is 0 Å². The molecule has 0 unspecified atom stereocenters. The van der Waals surface area contributed by atoms with Gasteiger partial charge in [0.2, 0.25) is 5.91 Å². The summed E-state index contributed by atoms with van der Waals surface area (Å²) in [5.74, 6) is -0.761. The molecule has 0 atom stereocenters. The van der Waals surface area contributed by atoms with E-state index in [0.717, 1.165) is 0 Å². The zero-order valence-corrected chi connectivity index (χ0v) is 10.5. The average Bonchev–Trinajstić information content (AvgIpc) is 2.25. The molecule has 1 rings (SSSR count). The van der Waals surface area contributed by atoms with Crippen molar-refractivity contribution in [3.8, 4) is 0 Å². The molecule has 0 saturated heterocycles. The van der Waals surface area contributed by atoms with E-state index in [-0.39, 0.29) is 18.0 Å². The molecule has 0 aliphatic carbocycles. The van der Waals surface area contributed by atoms with Crippen LogP contribution in [0.2, 0.25) is 0 Å². The Morgan fingerprint density at radius 1 is 1.44 bits per heavy atom. The van der Waals surface area contributed by atoms with Crippen molar-refractivity contribution in [3.05, 3.63) is 27.4 Å². The molecule has 0 spiro atoms. The van der Waals surface area contributed by atoms with Crippen molar-refractivity contribution >= 4 is 11.8 Å². The molecule has 1 aromatic heterocycles. The SMILES string of the molecule is Cc1nc(C(C)C)[nH]c(=O)c1C(=O)NCC(N)=O. The Bertz CT molecular complexity index is 534. The zero-order valence-electron chi connectivity index (χ0n) is 10.5. The molecule has 7 nitrogen and oxygen atoms in total. The van der Waals surface area contributed by atoms with Gasteiger partial charge in [0.05, 0.1) is 12.2 Å². The molecule has 0 radical (unpaired) electrons. The Kier molecular flexibility index (Phi) is 4.19. The minimum Gasteiger partial charge on any atom is -0.368 e. The number of carbonyl (C=O) groups is 2. The first-order chi connectivity index (χ1) is 8.32. The number of nitrogens with two attached hydrogens (primary N) is 1. The molecule has 98 valence electrons. The molecule has 1 heterocycles. The Balaban J connectivity index is 3.07. The van der Waals surface area contributed by atoms with E-state index in [0.29, 0.717) is 11.5 Å². The normalized spacial score (nSPS) is 10.4. The topological polar surface area (TPSA) is 118 Å². The maximum absolute atomic E-state index is 11.8. The van der Waals surface area contributed by atoms with Crippen molar-refractivity contribution in [3.63, 3.8) is 0 Å². The van der Waals surface area contributed by atoms with Crippen molar-refractivity contribution in [2.45, 2.75) is 26.7 Å². The molecule has 0 fully saturated rings. The summed E-state index contributed by atoms with van der Waals surface area (Å²) in [4.78, 5) is 40.7. The number of nitrogens with zero attached hydrogens (tertiary/aromatic N) is 1. The van der Waals surface area contributed by atoms with Crippen LogP contribution in [0.15, 0.2) is 4.79 Å². The number of rotatable bonds is 4. The first-order valence-electron chi connectivity index (χ1n) is 5.50. The lowest BCUT2D eigenvalue weighted by Gasteiger charge is -2.09. The molecule has 0 aromatic carbocycles. The molecule has 1 aromatic rings. The number of nitrogens with one attached hydrogen (secondary N) is 2. The largest absolute Gasteiger partial charge is 0.368 e. The van der Waals surface area contributed by atoms with Crippen molar-refractivity contribution < 1.29 is 9.59 Å². The Morgan fingerprint density at radius 3 is 2.50 bits per heavy atom. The summed E-state index contributed by atoms with van der Waals surface area (Å²) in [7, 11) is 0. The standard InChI is InChI=1S/C11H16N4O3/c1-5(2)9-14-6(3)8(11(18)15-9)10(17)13-4-7(12)16/h5H,4H2,1-3H3,(H2,12,16)(H,13,17)(H,14,15,18). The molecule has 4 N–H and O–H groups in total. The molecule has 0 aliphatic rings. The number of aryl methyl sites for hydroxylation is 1. The number of hydrogen-bond donors (Lipinski definition) is 3. The highest BCUT2D eigenvalue weighted by Gasteiger charge is 2.17. The predicted octanol–water partition coefficient (Wildman–Crippen LogP) is -0.583. The third-order valence-electron chi connectivity index (χ3n) is 2.32. The van der Waals surface area contributed by atoms with Crippen molar-refractivity contribution in [1.29, 1.82) is 0 Å². The second kappa shape index (κ2) is 5.44. The van der Waals surface area contributed by atoms with Crippen LogP contribution in [0.4, 0.5) is 0 Å². The van der Waals surface area contributed by atoms with Gasteiger partial charge in [0.1, 0.15) is 11.4 Å². The smallest absolute Gasteiger partial charge is 0.264 e. The van der Waals surface area contributed by atoms with Gasteiger partial charge in [0.15, 0.2) is 0 Å². The van der Waals surface area contributed by atoms with Gasteiger partial charge in [0.25, 0.3) is 11.5 Å². The van der Waals surface area contributed by atoms with Crippen LogP contribution in [0.1, 0.15) is 41.6 Å². The van der Waals surface area contributed by atoms with E-state index in [4.69, 9.17) is 5.73 Å². The lowest BCUT2D eigenvalue weighted by molar-refractivity contribution is -0.117. The average molecular weight is 252 g/mol. The highest BCUT2D eigenvalue weighted by Crippen LogP contribution is 2.08. The molecular formula is C11H16N4O3. The van der Waals surface area contributed by atoms with Gasteiger partial charge in [-0.25, -0.2) is 4.98 Å². The van der Waals surface area contributed by atoms with Crippen LogP contribution in [-0.2, 0) is 4.79 Å². The van der Waals surface area contributed by atoms with E-state index in [1.165, 1.54) is 0 Å². The zero-order chi connectivity index (χ0) is 13.9. The van der Waals surface area contributed by atoms with E-state index in [1.54, 1.807) is 6.92 Å². The summed E-state index contributed by atoms with van der Waals surface area (Å²) in [6, 6.07) is 0. The first-order valence-corrected chi connectivity index (χ1v) is 5.50. The third kappa shape index (κ3) is 3.16. The molecule has 0 aliphatic heterocycles. The molecule has 18 heavy (non-hydrogen) atoms. The fourth-order valence-corrected chi connectivity index (χ4v) is 1.40. The first kappa shape index (κ1) is 13.9. The molecule has 0 bridgehead atoms. The summed E-state index contributed by atoms with van der Waals surface area (Å²) >= 11 is 0. The monoisotopic (exact) mass is 252 g/mol. The van der Waals surface area contributed by atoms with Crippen LogP contribution in [0.25, 0.3) is 0 Å². The Hall–Kier alpha value is -2.18. The Labute approximate surface area is 104 Å². The lowest BCUT2D eigenvalue weighted by atomic mass is 10.1. The fourth-order valence-electron chi connectivity index (χ4n) is 1.40. The van der Waals surface area contributed by atoms with Gasteiger partial charge in [-0.15, -0.1) is 0 Å². The number of carbonyl (C=O) groups excluding carboxylic acids is 2. The second-order valence-electron chi connectivity index (χ2n) is 4.22. The van der Waals surface area contributed by atoms with E-state index < -0.39 is 17.4 Å². The van der Waals surface area contributed by atoms with Gasteiger partial charge in [-0.3, -0.25) is 14.4 Å². The van der Waals surface area contributed by atoms with Crippen LogP contribution >= 0.6 is 0 Å².